The van der Waals surface area contributed by atoms with E-state index in [-0.39, 0.29) is 11.0 Å². The molecule has 2 aromatic rings. The maximum atomic E-state index is 11.9. The summed E-state index contributed by atoms with van der Waals surface area (Å²) in [5.41, 5.74) is 0.364. The van der Waals surface area contributed by atoms with E-state index in [0.717, 1.165) is 10.6 Å². The summed E-state index contributed by atoms with van der Waals surface area (Å²) in [4.78, 5) is 20.1. The third-order valence-corrected chi connectivity index (χ3v) is 4.39. The van der Waals surface area contributed by atoms with Crippen LogP contribution in [-0.2, 0) is 5.41 Å². The molecule has 18 heavy (non-hydrogen) atoms. The van der Waals surface area contributed by atoms with Gasteiger partial charge in [-0.2, -0.15) is 0 Å². The molecule has 2 aromatic heterocycles. The standard InChI is InChI=1S/C12H12BrClN2OS/c1-12(2,3)9-8(13)11(17)16-10(15-9)7-4-6(14)5-18-7/h4-5H,1-3H3,(H,15,16,17). The van der Waals surface area contributed by atoms with Gasteiger partial charge >= 0.3 is 0 Å². The first kappa shape index (κ1) is 13.8. The van der Waals surface area contributed by atoms with Crippen LogP contribution in [0.15, 0.2) is 20.7 Å². The summed E-state index contributed by atoms with van der Waals surface area (Å²) in [5.74, 6) is 0.560. The van der Waals surface area contributed by atoms with Crippen LogP contribution in [0, 0.1) is 0 Å². The first-order valence-electron chi connectivity index (χ1n) is 5.34. The lowest BCUT2D eigenvalue weighted by Gasteiger charge is -2.19. The Morgan fingerprint density at radius 3 is 2.61 bits per heavy atom. The Balaban J connectivity index is 2.65. The topological polar surface area (TPSA) is 45.8 Å². The molecular weight excluding hydrogens is 336 g/mol. The van der Waals surface area contributed by atoms with Crippen molar-refractivity contribution in [1.82, 2.24) is 9.97 Å². The lowest BCUT2D eigenvalue weighted by Crippen LogP contribution is -2.22. The molecule has 0 unspecified atom stereocenters. The van der Waals surface area contributed by atoms with Crippen LogP contribution >= 0.6 is 38.9 Å². The summed E-state index contributed by atoms with van der Waals surface area (Å²) in [5, 5.41) is 2.47. The second-order valence-electron chi connectivity index (χ2n) is 4.96. The molecule has 0 saturated carbocycles. The second-order valence-corrected chi connectivity index (χ2v) is 7.10. The van der Waals surface area contributed by atoms with E-state index in [1.807, 2.05) is 26.2 Å². The normalized spacial score (nSPS) is 11.8. The van der Waals surface area contributed by atoms with Crippen molar-refractivity contribution >= 4 is 38.9 Å². The fraction of sp³-hybridized carbons (Fsp3) is 0.333. The number of hydrogen-bond donors (Lipinski definition) is 1. The molecule has 2 rings (SSSR count). The molecular formula is C12H12BrClN2OS. The van der Waals surface area contributed by atoms with Crippen molar-refractivity contribution in [3.63, 3.8) is 0 Å². The van der Waals surface area contributed by atoms with Crippen molar-refractivity contribution in [2.24, 2.45) is 0 Å². The molecule has 0 amide bonds. The zero-order chi connectivity index (χ0) is 13.5. The fourth-order valence-corrected chi connectivity index (χ4v) is 3.31. The average Bonchev–Trinajstić information content (AvgIpc) is 2.67. The summed E-state index contributed by atoms with van der Waals surface area (Å²) in [6.07, 6.45) is 0. The molecule has 0 radical (unpaired) electrons. The Hall–Kier alpha value is -0.650. The molecule has 6 heteroatoms. The van der Waals surface area contributed by atoms with Crippen LogP contribution in [-0.4, -0.2) is 9.97 Å². The number of H-pyrrole nitrogens is 1. The van der Waals surface area contributed by atoms with Crippen LogP contribution in [0.1, 0.15) is 26.5 Å². The van der Waals surface area contributed by atoms with E-state index in [0.29, 0.717) is 15.3 Å². The lowest BCUT2D eigenvalue weighted by molar-refractivity contribution is 0.562. The van der Waals surface area contributed by atoms with Gasteiger partial charge in [0.1, 0.15) is 4.47 Å². The maximum absolute atomic E-state index is 11.9. The van der Waals surface area contributed by atoms with Gasteiger partial charge in [-0.1, -0.05) is 32.4 Å². The summed E-state index contributed by atoms with van der Waals surface area (Å²) in [7, 11) is 0. The van der Waals surface area contributed by atoms with Gasteiger partial charge in [0.25, 0.3) is 5.56 Å². The van der Waals surface area contributed by atoms with Crippen molar-refractivity contribution in [3.8, 4) is 10.7 Å². The minimum Gasteiger partial charge on any atom is -0.305 e. The first-order valence-corrected chi connectivity index (χ1v) is 7.39. The number of nitrogens with zero attached hydrogens (tertiary/aromatic N) is 1. The molecule has 0 aliphatic rings. The minimum absolute atomic E-state index is 0.172. The number of nitrogens with one attached hydrogen (secondary N) is 1. The maximum Gasteiger partial charge on any atom is 0.265 e. The fourth-order valence-electron chi connectivity index (χ4n) is 1.51. The van der Waals surface area contributed by atoms with Crippen LogP contribution in [0.3, 0.4) is 0 Å². The molecule has 3 nitrogen and oxygen atoms in total. The van der Waals surface area contributed by atoms with Crippen LogP contribution in [0.4, 0.5) is 0 Å². The third kappa shape index (κ3) is 2.68. The summed E-state index contributed by atoms with van der Waals surface area (Å²) < 4.78 is 0.487. The number of thiophene rings is 1. The monoisotopic (exact) mass is 346 g/mol. The quantitative estimate of drug-likeness (QED) is 0.840. The first-order chi connectivity index (χ1) is 8.29. The lowest BCUT2D eigenvalue weighted by atomic mass is 9.92. The summed E-state index contributed by atoms with van der Waals surface area (Å²) in [6, 6.07) is 1.80. The highest BCUT2D eigenvalue weighted by Gasteiger charge is 2.22. The van der Waals surface area contributed by atoms with E-state index in [2.05, 4.69) is 25.9 Å². The largest absolute Gasteiger partial charge is 0.305 e. The van der Waals surface area contributed by atoms with Crippen LogP contribution in [0.2, 0.25) is 5.02 Å². The molecule has 0 atom stereocenters. The van der Waals surface area contributed by atoms with E-state index in [1.165, 1.54) is 11.3 Å². The van der Waals surface area contributed by atoms with Crippen molar-refractivity contribution in [3.05, 3.63) is 37.0 Å². The van der Waals surface area contributed by atoms with E-state index >= 15 is 0 Å². The number of aromatic nitrogens is 2. The van der Waals surface area contributed by atoms with Crippen LogP contribution in [0.25, 0.3) is 10.7 Å². The van der Waals surface area contributed by atoms with Crippen molar-refractivity contribution in [2.45, 2.75) is 26.2 Å². The van der Waals surface area contributed by atoms with Gasteiger partial charge in [0.2, 0.25) is 0 Å². The molecule has 0 spiro atoms. The predicted octanol–water partition coefficient (Wildman–Crippen LogP) is 4.21. The zero-order valence-electron chi connectivity index (χ0n) is 10.2. The van der Waals surface area contributed by atoms with E-state index in [4.69, 9.17) is 11.6 Å². The van der Waals surface area contributed by atoms with Crippen LogP contribution < -0.4 is 5.56 Å². The van der Waals surface area contributed by atoms with Gasteiger partial charge in [0.15, 0.2) is 5.82 Å². The predicted molar refractivity (Wildman–Crippen MR) is 79.6 cm³/mol. The molecule has 1 N–H and O–H groups in total. The van der Waals surface area contributed by atoms with E-state index in [1.54, 1.807) is 6.07 Å². The highest BCUT2D eigenvalue weighted by molar-refractivity contribution is 9.10. The number of rotatable bonds is 1. The van der Waals surface area contributed by atoms with Gasteiger partial charge in [-0.3, -0.25) is 4.79 Å². The van der Waals surface area contributed by atoms with Gasteiger partial charge < -0.3 is 4.98 Å². The average molecular weight is 348 g/mol. The van der Waals surface area contributed by atoms with Crippen molar-refractivity contribution in [1.29, 1.82) is 0 Å². The molecule has 96 valence electrons. The van der Waals surface area contributed by atoms with Gasteiger partial charge in [-0.25, -0.2) is 4.98 Å². The Morgan fingerprint density at radius 1 is 1.44 bits per heavy atom. The van der Waals surface area contributed by atoms with Gasteiger partial charge in [-0.15, -0.1) is 11.3 Å². The Morgan fingerprint density at radius 2 is 2.11 bits per heavy atom. The van der Waals surface area contributed by atoms with Crippen molar-refractivity contribution in [2.75, 3.05) is 0 Å². The van der Waals surface area contributed by atoms with Gasteiger partial charge in [0.05, 0.1) is 15.6 Å². The summed E-state index contributed by atoms with van der Waals surface area (Å²) >= 11 is 10.6. The van der Waals surface area contributed by atoms with Crippen LogP contribution in [0.5, 0.6) is 0 Å². The van der Waals surface area contributed by atoms with E-state index in [9.17, 15) is 4.79 Å². The van der Waals surface area contributed by atoms with Crippen molar-refractivity contribution < 1.29 is 0 Å². The van der Waals surface area contributed by atoms with Gasteiger partial charge in [0, 0.05) is 10.8 Å². The molecule has 0 aliphatic carbocycles. The SMILES string of the molecule is CC(C)(C)c1nc(-c2cc(Cl)cs2)[nH]c(=O)c1Br. The highest BCUT2D eigenvalue weighted by Crippen LogP contribution is 2.30. The molecule has 0 aliphatic heterocycles. The Kier molecular flexibility index (Phi) is 3.67. The number of aromatic amines is 1. The molecule has 0 bridgehead atoms. The number of halogens is 2. The molecule has 0 saturated heterocycles. The van der Waals surface area contributed by atoms with E-state index < -0.39 is 0 Å². The Bertz CT molecular complexity index is 642. The molecule has 0 aromatic carbocycles. The highest BCUT2D eigenvalue weighted by atomic mass is 79.9. The summed E-state index contributed by atoms with van der Waals surface area (Å²) in [6.45, 7) is 6.06. The second kappa shape index (κ2) is 4.79. The smallest absolute Gasteiger partial charge is 0.265 e. The Labute approximate surface area is 122 Å². The number of hydrogen-bond acceptors (Lipinski definition) is 3. The molecule has 0 fully saturated rings. The zero-order valence-corrected chi connectivity index (χ0v) is 13.3. The minimum atomic E-state index is -0.205. The third-order valence-electron chi connectivity index (χ3n) is 2.37. The molecule has 2 heterocycles. The van der Waals surface area contributed by atoms with Gasteiger partial charge in [-0.05, 0) is 22.0 Å².